The van der Waals surface area contributed by atoms with Gasteiger partial charge in [0.1, 0.15) is 4.90 Å². The predicted octanol–water partition coefficient (Wildman–Crippen LogP) is 1.03. The molecule has 1 aliphatic rings. The van der Waals surface area contributed by atoms with Crippen molar-refractivity contribution in [2.24, 2.45) is 0 Å². The molecule has 118 valence electrons. The third kappa shape index (κ3) is 4.93. The minimum atomic E-state index is -3.56. The number of rotatable bonds is 6. The summed E-state index contributed by atoms with van der Waals surface area (Å²) in [7, 11) is -3.56. The van der Waals surface area contributed by atoms with Crippen LogP contribution in [-0.2, 0) is 14.8 Å². The molecule has 1 aromatic carbocycles. The molecule has 0 aliphatic carbocycles. The van der Waals surface area contributed by atoms with Gasteiger partial charge in [-0.05, 0) is 31.2 Å². The summed E-state index contributed by atoms with van der Waals surface area (Å²) in [4.78, 5) is 2.38. The maximum Gasteiger partial charge on any atom is 0.242 e. The number of nitrogen functional groups attached to an aromatic ring is 1. The molecule has 1 aromatic rings. The topological polar surface area (TPSA) is 84.7 Å². The van der Waals surface area contributed by atoms with E-state index in [2.05, 4.69) is 25.6 Å². The third-order valence-corrected chi connectivity index (χ3v) is 5.32. The maximum absolute atomic E-state index is 12.2. The van der Waals surface area contributed by atoms with Crippen molar-refractivity contribution in [3.8, 4) is 0 Å². The molecule has 6 nitrogen and oxygen atoms in total. The second kappa shape index (κ2) is 7.55. The molecule has 0 aromatic heterocycles. The first-order valence-electron chi connectivity index (χ1n) is 6.84. The highest BCUT2D eigenvalue weighted by molar-refractivity contribution is 9.10. The van der Waals surface area contributed by atoms with Crippen LogP contribution in [0.3, 0.4) is 0 Å². The summed E-state index contributed by atoms with van der Waals surface area (Å²) in [6.45, 7) is 4.57. The number of nitrogens with zero attached hydrogens (tertiary/aromatic N) is 1. The molecule has 0 saturated carbocycles. The molecule has 0 radical (unpaired) electrons. The summed E-state index contributed by atoms with van der Waals surface area (Å²) in [6, 6.07) is 4.80. The van der Waals surface area contributed by atoms with Gasteiger partial charge in [-0.1, -0.05) is 15.9 Å². The highest BCUT2D eigenvalue weighted by Crippen LogP contribution is 2.22. The van der Waals surface area contributed by atoms with Crippen LogP contribution < -0.4 is 10.5 Å². The number of morpholine rings is 1. The summed E-state index contributed by atoms with van der Waals surface area (Å²) in [6.07, 6.45) is 0.757. The fourth-order valence-electron chi connectivity index (χ4n) is 2.15. The zero-order valence-electron chi connectivity index (χ0n) is 11.7. The molecule has 2 rings (SSSR count). The average Bonchev–Trinajstić information content (AvgIpc) is 2.47. The molecule has 0 amide bonds. The molecule has 0 bridgehead atoms. The van der Waals surface area contributed by atoms with Crippen LogP contribution in [0.5, 0.6) is 0 Å². The van der Waals surface area contributed by atoms with E-state index in [1.165, 1.54) is 6.07 Å². The molecule has 1 fully saturated rings. The van der Waals surface area contributed by atoms with Gasteiger partial charge in [0.25, 0.3) is 0 Å². The summed E-state index contributed by atoms with van der Waals surface area (Å²) < 4.78 is 33.0. The number of benzene rings is 1. The Kier molecular flexibility index (Phi) is 6.00. The van der Waals surface area contributed by atoms with Gasteiger partial charge in [-0.25, -0.2) is 13.1 Å². The van der Waals surface area contributed by atoms with Gasteiger partial charge in [-0.3, -0.25) is 4.90 Å². The third-order valence-electron chi connectivity index (χ3n) is 3.31. The first-order valence-corrected chi connectivity index (χ1v) is 9.11. The Morgan fingerprint density at radius 2 is 2.05 bits per heavy atom. The number of anilines is 1. The quantitative estimate of drug-likeness (QED) is 0.571. The first-order chi connectivity index (χ1) is 9.99. The van der Waals surface area contributed by atoms with Crippen LogP contribution in [0.25, 0.3) is 0 Å². The van der Waals surface area contributed by atoms with E-state index in [-0.39, 0.29) is 10.6 Å². The van der Waals surface area contributed by atoms with E-state index in [0.717, 1.165) is 39.3 Å². The lowest BCUT2D eigenvalue weighted by Crippen LogP contribution is -2.38. The van der Waals surface area contributed by atoms with Crippen molar-refractivity contribution in [2.75, 3.05) is 45.1 Å². The second-order valence-corrected chi connectivity index (χ2v) is 7.54. The molecule has 21 heavy (non-hydrogen) atoms. The van der Waals surface area contributed by atoms with E-state index in [1.807, 2.05) is 0 Å². The standard InChI is InChI=1S/C13H20BrN3O3S/c14-11-2-3-12(15)13(10-11)21(18,19)16-4-1-5-17-6-8-20-9-7-17/h2-3,10,16H,1,4-9,15H2. The van der Waals surface area contributed by atoms with Crippen molar-refractivity contribution in [2.45, 2.75) is 11.3 Å². The second-order valence-electron chi connectivity index (χ2n) is 4.89. The van der Waals surface area contributed by atoms with Crippen LogP contribution in [0.4, 0.5) is 5.69 Å². The molecule has 3 N–H and O–H groups in total. The Balaban J connectivity index is 1.85. The number of nitrogens with one attached hydrogen (secondary N) is 1. The highest BCUT2D eigenvalue weighted by Gasteiger charge is 2.17. The first kappa shape index (κ1) is 16.7. The molecule has 0 spiro atoms. The normalized spacial score (nSPS) is 17.0. The smallest absolute Gasteiger partial charge is 0.242 e. The van der Waals surface area contributed by atoms with Gasteiger partial charge in [0.15, 0.2) is 0 Å². The Morgan fingerprint density at radius 3 is 2.76 bits per heavy atom. The van der Waals surface area contributed by atoms with Crippen molar-refractivity contribution < 1.29 is 13.2 Å². The van der Waals surface area contributed by atoms with Crippen LogP contribution in [0.2, 0.25) is 0 Å². The minimum absolute atomic E-state index is 0.114. The fourth-order valence-corrected chi connectivity index (χ4v) is 3.89. The zero-order chi connectivity index (χ0) is 15.3. The molecular formula is C13H20BrN3O3S. The summed E-state index contributed by atoms with van der Waals surface area (Å²) in [5.41, 5.74) is 5.98. The number of ether oxygens (including phenoxy) is 1. The van der Waals surface area contributed by atoms with E-state index in [9.17, 15) is 8.42 Å². The Hall–Kier alpha value is -0.670. The number of halogens is 1. The Bertz CT molecular complexity index is 574. The average molecular weight is 378 g/mol. The van der Waals surface area contributed by atoms with Crippen molar-refractivity contribution in [3.05, 3.63) is 22.7 Å². The number of nitrogens with two attached hydrogens (primary N) is 1. The zero-order valence-corrected chi connectivity index (χ0v) is 14.1. The van der Waals surface area contributed by atoms with Crippen LogP contribution >= 0.6 is 15.9 Å². The van der Waals surface area contributed by atoms with Crippen LogP contribution in [0.1, 0.15) is 6.42 Å². The minimum Gasteiger partial charge on any atom is -0.398 e. The van der Waals surface area contributed by atoms with Gasteiger partial charge in [0.2, 0.25) is 10.0 Å². The largest absolute Gasteiger partial charge is 0.398 e. The van der Waals surface area contributed by atoms with Gasteiger partial charge in [-0.15, -0.1) is 0 Å². The summed E-state index contributed by atoms with van der Waals surface area (Å²) in [5.74, 6) is 0. The number of hydrogen-bond donors (Lipinski definition) is 2. The Morgan fingerprint density at radius 1 is 1.33 bits per heavy atom. The molecule has 8 heteroatoms. The predicted molar refractivity (Wildman–Crippen MR) is 85.6 cm³/mol. The van der Waals surface area contributed by atoms with Gasteiger partial charge < -0.3 is 10.5 Å². The van der Waals surface area contributed by atoms with E-state index >= 15 is 0 Å². The maximum atomic E-state index is 12.2. The van der Waals surface area contributed by atoms with Crippen LogP contribution in [-0.4, -0.2) is 52.7 Å². The molecule has 1 aliphatic heterocycles. The van der Waals surface area contributed by atoms with E-state index in [1.54, 1.807) is 12.1 Å². The molecule has 0 atom stereocenters. The van der Waals surface area contributed by atoms with E-state index in [0.29, 0.717) is 11.0 Å². The van der Waals surface area contributed by atoms with E-state index in [4.69, 9.17) is 10.5 Å². The van der Waals surface area contributed by atoms with E-state index < -0.39 is 10.0 Å². The molecule has 0 unspecified atom stereocenters. The van der Waals surface area contributed by atoms with Gasteiger partial charge in [0.05, 0.1) is 18.9 Å². The van der Waals surface area contributed by atoms with Crippen molar-refractivity contribution >= 4 is 31.6 Å². The lowest BCUT2D eigenvalue weighted by atomic mass is 10.3. The number of hydrogen-bond acceptors (Lipinski definition) is 5. The van der Waals surface area contributed by atoms with Gasteiger partial charge >= 0.3 is 0 Å². The molecule has 1 heterocycles. The highest BCUT2D eigenvalue weighted by atomic mass is 79.9. The van der Waals surface area contributed by atoms with Gasteiger partial charge in [-0.2, -0.15) is 0 Å². The molecule has 1 saturated heterocycles. The lowest BCUT2D eigenvalue weighted by Gasteiger charge is -2.26. The number of sulfonamides is 1. The summed E-state index contributed by atoms with van der Waals surface area (Å²) >= 11 is 3.26. The SMILES string of the molecule is Nc1ccc(Br)cc1S(=O)(=O)NCCCN1CCOCC1. The molecular weight excluding hydrogens is 358 g/mol. The fraction of sp³-hybridized carbons (Fsp3) is 0.538. The van der Waals surface area contributed by atoms with Gasteiger partial charge in [0, 0.05) is 24.1 Å². The van der Waals surface area contributed by atoms with Crippen molar-refractivity contribution in [3.63, 3.8) is 0 Å². The van der Waals surface area contributed by atoms with Crippen LogP contribution in [0.15, 0.2) is 27.6 Å². The van der Waals surface area contributed by atoms with Crippen molar-refractivity contribution in [1.29, 1.82) is 0 Å². The Labute approximate surface area is 133 Å². The summed E-state index contributed by atoms with van der Waals surface area (Å²) in [5, 5.41) is 0. The van der Waals surface area contributed by atoms with Crippen LogP contribution in [0, 0.1) is 0 Å². The lowest BCUT2D eigenvalue weighted by molar-refractivity contribution is 0.0376. The van der Waals surface area contributed by atoms with Crippen molar-refractivity contribution in [1.82, 2.24) is 9.62 Å². The monoisotopic (exact) mass is 377 g/mol.